The van der Waals surface area contributed by atoms with Crippen molar-refractivity contribution in [2.24, 2.45) is 5.92 Å². The summed E-state index contributed by atoms with van der Waals surface area (Å²) in [6.07, 6.45) is 9.71. The van der Waals surface area contributed by atoms with Gasteiger partial charge >= 0.3 is 5.97 Å². The lowest BCUT2D eigenvalue weighted by Crippen LogP contribution is -2.21. The van der Waals surface area contributed by atoms with Gasteiger partial charge in [0.1, 0.15) is 0 Å². The number of hydrogen-bond acceptors (Lipinski definition) is 3. The number of amides is 1. The number of nitrogens with one attached hydrogen (secondary N) is 1. The molecule has 1 aliphatic rings. The lowest BCUT2D eigenvalue weighted by molar-refractivity contribution is -0.147. The molecule has 2 rings (SSSR count). The number of aryl methyl sites for hydroxylation is 1. The maximum Gasteiger partial charge on any atom is 0.306 e. The normalized spacial score (nSPS) is 14.5. The number of carbonyl (C=O) groups is 2. The number of ether oxygens (including phenoxy) is 1. The zero-order valence-electron chi connectivity index (χ0n) is 14.7. The number of carbonyl (C=O) groups excluding carboxylic acids is 2. The average molecular weight is 331 g/mol. The van der Waals surface area contributed by atoms with Gasteiger partial charge in [-0.3, -0.25) is 9.59 Å². The van der Waals surface area contributed by atoms with Gasteiger partial charge in [0.15, 0.2) is 6.61 Å². The molecule has 1 saturated carbocycles. The van der Waals surface area contributed by atoms with Crippen LogP contribution in [0.5, 0.6) is 0 Å². The summed E-state index contributed by atoms with van der Waals surface area (Å²) in [6, 6.07) is 7.84. The highest BCUT2D eigenvalue weighted by Gasteiger charge is 2.17. The van der Waals surface area contributed by atoms with Crippen molar-refractivity contribution < 1.29 is 14.3 Å². The van der Waals surface area contributed by atoms with Crippen molar-refractivity contribution >= 4 is 17.6 Å². The van der Waals surface area contributed by atoms with Crippen molar-refractivity contribution in [3.63, 3.8) is 0 Å². The molecule has 24 heavy (non-hydrogen) atoms. The maximum atomic E-state index is 11.8. The number of anilines is 1. The molecule has 4 heteroatoms. The Morgan fingerprint density at radius 2 is 1.88 bits per heavy atom. The third-order valence-corrected chi connectivity index (χ3v) is 4.65. The van der Waals surface area contributed by atoms with E-state index in [1.807, 2.05) is 24.3 Å². The molecule has 132 valence electrons. The molecule has 1 N–H and O–H groups in total. The molecular weight excluding hydrogens is 302 g/mol. The van der Waals surface area contributed by atoms with Gasteiger partial charge in [0.05, 0.1) is 0 Å². The Morgan fingerprint density at radius 1 is 1.17 bits per heavy atom. The minimum absolute atomic E-state index is 0.207. The molecule has 0 aliphatic heterocycles. The third-order valence-electron chi connectivity index (χ3n) is 4.65. The van der Waals surface area contributed by atoms with Crippen LogP contribution in [0.4, 0.5) is 5.69 Å². The summed E-state index contributed by atoms with van der Waals surface area (Å²) in [7, 11) is 0. The first-order valence-electron chi connectivity index (χ1n) is 9.21. The molecule has 0 spiro atoms. The fourth-order valence-electron chi connectivity index (χ4n) is 3.17. The van der Waals surface area contributed by atoms with Crippen molar-refractivity contribution in [2.45, 2.75) is 64.7 Å². The van der Waals surface area contributed by atoms with Crippen LogP contribution in [0, 0.1) is 5.92 Å². The van der Waals surface area contributed by atoms with Crippen LogP contribution in [0.1, 0.15) is 63.9 Å². The standard InChI is InChI=1S/C20H29NO3/c1-2-3-6-17-9-12-18(13-10-17)21-19(22)15-24-20(23)14-11-16-7-4-5-8-16/h9-10,12-13,16H,2-8,11,14-15H2,1H3,(H,21,22). The van der Waals surface area contributed by atoms with E-state index in [0.717, 1.165) is 18.5 Å². The number of unbranched alkanes of at least 4 members (excludes halogenated alkanes) is 1. The lowest BCUT2D eigenvalue weighted by Gasteiger charge is -2.09. The predicted octanol–water partition coefficient (Wildman–Crippen LogP) is 4.48. The largest absolute Gasteiger partial charge is 0.456 e. The van der Waals surface area contributed by atoms with Crippen LogP contribution in [-0.4, -0.2) is 18.5 Å². The van der Waals surface area contributed by atoms with E-state index in [0.29, 0.717) is 12.3 Å². The fourth-order valence-corrected chi connectivity index (χ4v) is 3.17. The van der Waals surface area contributed by atoms with Gasteiger partial charge in [0.25, 0.3) is 5.91 Å². The summed E-state index contributed by atoms with van der Waals surface area (Å²) in [5.41, 5.74) is 2.01. The predicted molar refractivity (Wildman–Crippen MR) is 95.8 cm³/mol. The number of hydrogen-bond donors (Lipinski definition) is 1. The molecule has 0 aromatic heterocycles. The molecule has 1 aromatic rings. The van der Waals surface area contributed by atoms with E-state index in [1.165, 1.54) is 44.1 Å². The first-order chi connectivity index (χ1) is 11.7. The van der Waals surface area contributed by atoms with E-state index in [4.69, 9.17) is 4.74 Å². The summed E-state index contributed by atoms with van der Waals surface area (Å²) in [5, 5.41) is 2.76. The molecule has 0 saturated heterocycles. The second-order valence-corrected chi connectivity index (χ2v) is 6.70. The van der Waals surface area contributed by atoms with E-state index in [9.17, 15) is 9.59 Å². The third kappa shape index (κ3) is 6.73. The van der Waals surface area contributed by atoms with Crippen molar-refractivity contribution in [1.82, 2.24) is 0 Å². The molecular formula is C20H29NO3. The number of benzene rings is 1. The Morgan fingerprint density at radius 3 is 2.54 bits per heavy atom. The molecule has 0 heterocycles. The van der Waals surface area contributed by atoms with E-state index >= 15 is 0 Å². The molecule has 0 radical (unpaired) electrons. The summed E-state index contributed by atoms with van der Waals surface area (Å²) >= 11 is 0. The highest BCUT2D eigenvalue weighted by Crippen LogP contribution is 2.28. The Balaban J connectivity index is 1.64. The lowest BCUT2D eigenvalue weighted by atomic mass is 10.0. The SMILES string of the molecule is CCCCc1ccc(NC(=O)COC(=O)CCC2CCCC2)cc1. The minimum atomic E-state index is -0.287. The number of esters is 1. The molecule has 0 unspecified atom stereocenters. The quantitative estimate of drug-likeness (QED) is 0.679. The van der Waals surface area contributed by atoms with Crippen LogP contribution in [0.3, 0.4) is 0 Å². The summed E-state index contributed by atoms with van der Waals surface area (Å²) in [5.74, 6) is 0.107. The van der Waals surface area contributed by atoms with Gasteiger partial charge in [0.2, 0.25) is 0 Å². The van der Waals surface area contributed by atoms with Crippen molar-refractivity contribution in [3.05, 3.63) is 29.8 Å². The summed E-state index contributed by atoms with van der Waals surface area (Å²) < 4.78 is 5.06. The minimum Gasteiger partial charge on any atom is -0.456 e. The second kappa shape index (κ2) is 10.1. The van der Waals surface area contributed by atoms with E-state index in [1.54, 1.807) is 0 Å². The topological polar surface area (TPSA) is 55.4 Å². The zero-order chi connectivity index (χ0) is 17.2. The Kier molecular flexibility index (Phi) is 7.80. The first kappa shape index (κ1) is 18.5. The first-order valence-corrected chi connectivity index (χ1v) is 9.21. The van der Waals surface area contributed by atoms with Crippen LogP contribution < -0.4 is 5.32 Å². The van der Waals surface area contributed by atoms with Crippen LogP contribution in [-0.2, 0) is 20.7 Å². The Hall–Kier alpha value is -1.84. The van der Waals surface area contributed by atoms with Crippen LogP contribution >= 0.6 is 0 Å². The summed E-state index contributed by atoms with van der Waals surface area (Å²) in [6.45, 7) is 1.96. The maximum absolute atomic E-state index is 11.8. The second-order valence-electron chi connectivity index (χ2n) is 6.70. The van der Waals surface area contributed by atoms with Gasteiger partial charge < -0.3 is 10.1 Å². The van der Waals surface area contributed by atoms with Gasteiger partial charge in [-0.15, -0.1) is 0 Å². The van der Waals surface area contributed by atoms with Gasteiger partial charge in [0, 0.05) is 12.1 Å². The van der Waals surface area contributed by atoms with Crippen LogP contribution in [0.15, 0.2) is 24.3 Å². The molecule has 4 nitrogen and oxygen atoms in total. The summed E-state index contributed by atoms with van der Waals surface area (Å²) in [4.78, 5) is 23.5. The molecule has 1 aliphatic carbocycles. The molecule has 0 atom stereocenters. The fraction of sp³-hybridized carbons (Fsp3) is 0.600. The van der Waals surface area contributed by atoms with Crippen LogP contribution in [0.2, 0.25) is 0 Å². The highest BCUT2D eigenvalue weighted by molar-refractivity contribution is 5.92. The zero-order valence-corrected chi connectivity index (χ0v) is 14.7. The average Bonchev–Trinajstić information content (AvgIpc) is 3.11. The van der Waals surface area contributed by atoms with E-state index in [2.05, 4.69) is 12.2 Å². The number of rotatable bonds is 9. The van der Waals surface area contributed by atoms with Crippen molar-refractivity contribution in [2.75, 3.05) is 11.9 Å². The van der Waals surface area contributed by atoms with Gasteiger partial charge in [-0.25, -0.2) is 0 Å². The Labute approximate surface area is 145 Å². The monoisotopic (exact) mass is 331 g/mol. The van der Waals surface area contributed by atoms with Crippen molar-refractivity contribution in [1.29, 1.82) is 0 Å². The van der Waals surface area contributed by atoms with Gasteiger partial charge in [-0.05, 0) is 42.9 Å². The van der Waals surface area contributed by atoms with Gasteiger partial charge in [-0.2, -0.15) is 0 Å². The van der Waals surface area contributed by atoms with Crippen LogP contribution in [0.25, 0.3) is 0 Å². The molecule has 0 bridgehead atoms. The van der Waals surface area contributed by atoms with E-state index < -0.39 is 0 Å². The highest BCUT2D eigenvalue weighted by atomic mass is 16.5. The molecule has 1 amide bonds. The van der Waals surface area contributed by atoms with Gasteiger partial charge in [-0.1, -0.05) is 51.2 Å². The molecule has 1 aromatic carbocycles. The van der Waals surface area contributed by atoms with E-state index in [-0.39, 0.29) is 18.5 Å². The van der Waals surface area contributed by atoms with Crippen molar-refractivity contribution in [3.8, 4) is 0 Å². The Bertz CT molecular complexity index is 518. The molecule has 1 fully saturated rings. The smallest absolute Gasteiger partial charge is 0.306 e.